The first kappa shape index (κ1) is 40.3. The van der Waals surface area contributed by atoms with Crippen molar-refractivity contribution in [3.05, 3.63) is 148 Å². The molecule has 4 amide bonds. The smallest absolute Gasteiger partial charge is 0.307 e. The molecule has 4 aromatic carbocycles. The number of carbonyl (C=O) groups excluding carboxylic acids is 5. The van der Waals surface area contributed by atoms with Crippen molar-refractivity contribution < 1.29 is 33.9 Å². The van der Waals surface area contributed by atoms with Crippen LogP contribution in [0.5, 0.6) is 0 Å². The number of anilines is 1. The van der Waals surface area contributed by atoms with E-state index < -0.39 is 59.4 Å². The van der Waals surface area contributed by atoms with Gasteiger partial charge in [-0.2, -0.15) is 0 Å². The summed E-state index contributed by atoms with van der Waals surface area (Å²) in [6.07, 6.45) is -0.402. The molecule has 5 aromatic rings. The molecule has 0 saturated heterocycles. The standard InChI is InChI=1S/C45H44N4O7S/c50-40-27-34(45(55)56)24-30-15-19-35(20-16-30)46-41(51)21-22-42(52)47-39(28-36-12-7-23-57-36)44(54)49-38(43(53)48-37(40)25-29-8-3-1-4-9-29)26-31-13-17-33(18-14-31)32-10-5-2-6-11-32/h1-20,23,34,37-39H,21-22,24-28H2,(H,46,51)(H,47,52)(H,48,53)(H,49,54)(H,55,56)/t34-,37+,38+,39+/m1/s1. The van der Waals surface area contributed by atoms with Gasteiger partial charge >= 0.3 is 5.97 Å². The first-order chi connectivity index (χ1) is 27.6. The monoisotopic (exact) mass is 784 g/mol. The number of aliphatic carboxylic acids is 1. The summed E-state index contributed by atoms with van der Waals surface area (Å²) in [5.41, 5.74) is 4.55. The molecule has 57 heavy (non-hydrogen) atoms. The van der Waals surface area contributed by atoms with E-state index in [1.54, 1.807) is 24.3 Å². The first-order valence-electron chi connectivity index (χ1n) is 18.8. The maximum Gasteiger partial charge on any atom is 0.307 e. The molecule has 7 rings (SSSR count). The number of Topliss-reactive ketones (excluding diaryl/α,β-unsaturated/α-hetero) is 1. The molecule has 4 atom stereocenters. The van der Waals surface area contributed by atoms with Gasteiger partial charge in [0.15, 0.2) is 5.78 Å². The van der Waals surface area contributed by atoms with Gasteiger partial charge in [0.25, 0.3) is 0 Å². The lowest BCUT2D eigenvalue weighted by atomic mass is 9.90. The van der Waals surface area contributed by atoms with Gasteiger partial charge in [0.1, 0.15) is 12.1 Å². The number of rotatable bonds is 8. The van der Waals surface area contributed by atoms with Crippen molar-refractivity contribution in [2.24, 2.45) is 5.92 Å². The van der Waals surface area contributed by atoms with E-state index in [1.165, 1.54) is 11.3 Å². The van der Waals surface area contributed by atoms with Crippen molar-refractivity contribution in [1.29, 1.82) is 0 Å². The molecular weight excluding hydrogens is 741 g/mol. The molecule has 2 bridgehead atoms. The number of fused-ring (bicyclic) bond motifs is 18. The lowest BCUT2D eigenvalue weighted by Gasteiger charge is -2.26. The predicted molar refractivity (Wildman–Crippen MR) is 218 cm³/mol. The second kappa shape index (κ2) is 19.5. The molecule has 0 fully saturated rings. The molecule has 5 N–H and O–H groups in total. The van der Waals surface area contributed by atoms with Crippen LogP contribution in [0.1, 0.15) is 40.8 Å². The number of nitrogens with one attached hydrogen (secondary N) is 4. The Morgan fingerprint density at radius 2 is 1.16 bits per heavy atom. The minimum atomic E-state index is -1.19. The van der Waals surface area contributed by atoms with Crippen molar-refractivity contribution >= 4 is 52.4 Å². The Balaban J connectivity index is 1.34. The van der Waals surface area contributed by atoms with Crippen LogP contribution in [0.4, 0.5) is 5.69 Å². The first-order valence-corrected chi connectivity index (χ1v) is 19.7. The second-order valence-corrected chi connectivity index (χ2v) is 15.2. The number of carbonyl (C=O) groups is 6. The van der Waals surface area contributed by atoms with Crippen molar-refractivity contribution in [3.63, 3.8) is 0 Å². The van der Waals surface area contributed by atoms with Crippen molar-refractivity contribution in [3.8, 4) is 11.1 Å². The number of ketones is 1. The average Bonchev–Trinajstić information content (AvgIpc) is 3.73. The average molecular weight is 785 g/mol. The van der Waals surface area contributed by atoms with Gasteiger partial charge < -0.3 is 26.4 Å². The Kier molecular flexibility index (Phi) is 13.7. The van der Waals surface area contributed by atoms with Crippen molar-refractivity contribution in [2.45, 2.75) is 63.1 Å². The maximum atomic E-state index is 14.4. The van der Waals surface area contributed by atoms with Crippen LogP contribution in [0.3, 0.4) is 0 Å². The molecule has 0 unspecified atom stereocenters. The lowest BCUT2D eigenvalue weighted by molar-refractivity contribution is -0.144. The summed E-state index contributed by atoms with van der Waals surface area (Å²) >= 11 is 1.41. The fourth-order valence-corrected chi connectivity index (χ4v) is 7.50. The summed E-state index contributed by atoms with van der Waals surface area (Å²) in [5.74, 6) is -4.95. The third-order valence-corrected chi connectivity index (χ3v) is 10.8. The summed E-state index contributed by atoms with van der Waals surface area (Å²) < 4.78 is 0. The molecular formula is C45H44N4O7S. The van der Waals surface area contributed by atoms with E-state index in [9.17, 15) is 33.9 Å². The van der Waals surface area contributed by atoms with E-state index in [-0.39, 0.29) is 44.9 Å². The number of benzene rings is 4. The highest BCUT2D eigenvalue weighted by molar-refractivity contribution is 7.09. The number of hydrogen-bond acceptors (Lipinski definition) is 7. The molecule has 1 aromatic heterocycles. The SMILES string of the molecule is O=C1CCC(=O)N[C@@H](Cc2cccs2)C(=O)N[C@@H](Cc2ccc(-c3ccccc3)cc2)C(=O)N[C@@H](Cc2ccccc2)C(=O)C[C@H](C(=O)O)Cc2ccc(cc2)N1. The van der Waals surface area contributed by atoms with Crippen LogP contribution >= 0.6 is 11.3 Å². The van der Waals surface area contributed by atoms with Crippen LogP contribution in [0.25, 0.3) is 11.1 Å². The third kappa shape index (κ3) is 11.8. The molecule has 0 radical (unpaired) electrons. The van der Waals surface area contributed by atoms with Gasteiger partial charge in [-0.25, -0.2) is 0 Å². The van der Waals surface area contributed by atoms with Gasteiger partial charge in [-0.1, -0.05) is 103 Å². The zero-order chi connectivity index (χ0) is 40.1. The molecule has 0 saturated carbocycles. The summed E-state index contributed by atoms with van der Waals surface area (Å²) in [4.78, 5) is 82.0. The van der Waals surface area contributed by atoms with Gasteiger partial charge in [0.2, 0.25) is 23.6 Å². The van der Waals surface area contributed by atoms with E-state index in [0.717, 1.165) is 27.1 Å². The highest BCUT2D eigenvalue weighted by atomic mass is 32.1. The Morgan fingerprint density at radius 3 is 1.81 bits per heavy atom. The fourth-order valence-electron chi connectivity index (χ4n) is 6.75. The normalized spacial score (nSPS) is 20.0. The Bertz CT molecular complexity index is 2160. The van der Waals surface area contributed by atoms with Crippen LogP contribution < -0.4 is 21.3 Å². The van der Waals surface area contributed by atoms with Gasteiger partial charge in [0, 0.05) is 42.7 Å². The van der Waals surface area contributed by atoms with Crippen molar-refractivity contribution in [1.82, 2.24) is 16.0 Å². The summed E-state index contributed by atoms with van der Waals surface area (Å²) in [6, 6.07) is 33.4. The van der Waals surface area contributed by atoms with Crippen molar-refractivity contribution in [2.75, 3.05) is 5.32 Å². The van der Waals surface area contributed by atoms with Crippen LogP contribution in [-0.4, -0.2) is 58.6 Å². The van der Waals surface area contributed by atoms with E-state index in [1.807, 2.05) is 102 Å². The topological polar surface area (TPSA) is 171 Å². The molecule has 3 heterocycles. The van der Waals surface area contributed by atoms with Gasteiger partial charge in [-0.3, -0.25) is 28.8 Å². The van der Waals surface area contributed by atoms with E-state index in [0.29, 0.717) is 11.3 Å². The van der Waals surface area contributed by atoms with Gasteiger partial charge in [0.05, 0.1) is 12.0 Å². The number of carboxylic acid groups (broad SMARTS) is 1. The maximum absolute atomic E-state index is 14.4. The van der Waals surface area contributed by atoms with Crippen LogP contribution in [0.15, 0.2) is 127 Å². The number of hydrogen-bond donors (Lipinski definition) is 5. The highest BCUT2D eigenvalue weighted by Crippen LogP contribution is 2.22. The Labute approximate surface area is 334 Å². The van der Waals surface area contributed by atoms with Crippen LogP contribution in [0, 0.1) is 5.92 Å². The second-order valence-electron chi connectivity index (χ2n) is 14.1. The van der Waals surface area contributed by atoms with E-state index >= 15 is 0 Å². The molecule has 12 heteroatoms. The Hall–Kier alpha value is -6.40. The zero-order valence-electron chi connectivity index (χ0n) is 31.2. The molecule has 292 valence electrons. The molecule has 0 aliphatic carbocycles. The number of thiophene rings is 1. The number of carboxylic acids is 1. The predicted octanol–water partition coefficient (Wildman–Crippen LogP) is 5.53. The van der Waals surface area contributed by atoms with Gasteiger partial charge in [-0.05, 0) is 64.2 Å². The number of amides is 4. The van der Waals surface area contributed by atoms with E-state index in [2.05, 4.69) is 21.3 Å². The minimum Gasteiger partial charge on any atom is -0.481 e. The lowest BCUT2D eigenvalue weighted by Crippen LogP contribution is -2.57. The molecule has 2 aliphatic rings. The minimum absolute atomic E-state index is 0.0325. The molecule has 2 aliphatic heterocycles. The third-order valence-electron chi connectivity index (χ3n) is 9.85. The van der Waals surface area contributed by atoms with Crippen LogP contribution in [0.2, 0.25) is 0 Å². The fraction of sp³-hybridized carbons (Fsp3) is 0.244. The zero-order valence-corrected chi connectivity index (χ0v) is 32.0. The summed E-state index contributed by atoms with van der Waals surface area (Å²) in [6.45, 7) is 0. The summed E-state index contributed by atoms with van der Waals surface area (Å²) in [5, 5.41) is 23.3. The van der Waals surface area contributed by atoms with Crippen LogP contribution in [-0.2, 0) is 54.5 Å². The molecule has 0 spiro atoms. The Morgan fingerprint density at radius 1 is 0.579 bits per heavy atom. The molecule has 11 nitrogen and oxygen atoms in total. The van der Waals surface area contributed by atoms with E-state index in [4.69, 9.17) is 0 Å². The summed E-state index contributed by atoms with van der Waals surface area (Å²) in [7, 11) is 0. The quantitative estimate of drug-likeness (QED) is 0.129. The highest BCUT2D eigenvalue weighted by Gasteiger charge is 2.32. The largest absolute Gasteiger partial charge is 0.481 e. The van der Waals surface area contributed by atoms with Gasteiger partial charge in [-0.15, -0.1) is 11.3 Å².